The van der Waals surface area contributed by atoms with Gasteiger partial charge in [0.15, 0.2) is 11.4 Å². The third-order valence-corrected chi connectivity index (χ3v) is 1.47. The Morgan fingerprint density at radius 1 is 1.73 bits per heavy atom. The lowest BCUT2D eigenvalue weighted by Crippen LogP contribution is -2.27. The van der Waals surface area contributed by atoms with Crippen molar-refractivity contribution in [2.45, 2.75) is 25.9 Å². The van der Waals surface area contributed by atoms with Crippen molar-refractivity contribution < 1.29 is 13.9 Å². The quantitative estimate of drug-likeness (QED) is 0.610. The SMILES string of the molecule is CC(C)(F)C(=O)C1=CCCO1. The maximum Gasteiger partial charge on any atom is 0.233 e. The minimum atomic E-state index is -1.81. The summed E-state index contributed by atoms with van der Waals surface area (Å²) in [6.07, 6.45) is 2.33. The zero-order chi connectivity index (χ0) is 8.48. The van der Waals surface area contributed by atoms with Crippen LogP contribution in [0.2, 0.25) is 0 Å². The van der Waals surface area contributed by atoms with E-state index in [2.05, 4.69) is 0 Å². The van der Waals surface area contributed by atoms with E-state index in [1.165, 1.54) is 13.8 Å². The molecule has 0 aromatic carbocycles. The highest BCUT2D eigenvalue weighted by atomic mass is 19.1. The fourth-order valence-electron chi connectivity index (χ4n) is 0.869. The van der Waals surface area contributed by atoms with Crippen molar-refractivity contribution in [1.29, 1.82) is 0 Å². The van der Waals surface area contributed by atoms with Crippen molar-refractivity contribution in [3.63, 3.8) is 0 Å². The fraction of sp³-hybridized carbons (Fsp3) is 0.625. The summed E-state index contributed by atoms with van der Waals surface area (Å²) >= 11 is 0. The fourth-order valence-corrected chi connectivity index (χ4v) is 0.869. The number of hydrogen-bond donors (Lipinski definition) is 0. The van der Waals surface area contributed by atoms with Gasteiger partial charge in [0, 0.05) is 6.42 Å². The summed E-state index contributed by atoms with van der Waals surface area (Å²) in [6.45, 7) is 2.97. The first-order chi connectivity index (χ1) is 5.02. The number of carbonyl (C=O) groups is 1. The first-order valence-electron chi connectivity index (χ1n) is 3.58. The van der Waals surface area contributed by atoms with Gasteiger partial charge in [0.05, 0.1) is 6.61 Å². The van der Waals surface area contributed by atoms with Crippen LogP contribution in [0.4, 0.5) is 4.39 Å². The van der Waals surface area contributed by atoms with Gasteiger partial charge in [0.2, 0.25) is 5.78 Å². The van der Waals surface area contributed by atoms with E-state index >= 15 is 0 Å². The summed E-state index contributed by atoms with van der Waals surface area (Å²) in [6, 6.07) is 0. The van der Waals surface area contributed by atoms with Crippen LogP contribution >= 0.6 is 0 Å². The summed E-state index contributed by atoms with van der Waals surface area (Å²) in [5, 5.41) is 0. The molecule has 0 radical (unpaired) electrons. The number of alkyl halides is 1. The molecule has 1 aliphatic rings. The molecule has 11 heavy (non-hydrogen) atoms. The van der Waals surface area contributed by atoms with Crippen molar-refractivity contribution in [3.05, 3.63) is 11.8 Å². The van der Waals surface area contributed by atoms with Crippen molar-refractivity contribution in [1.82, 2.24) is 0 Å². The molecule has 1 aliphatic heterocycles. The third-order valence-electron chi connectivity index (χ3n) is 1.47. The van der Waals surface area contributed by atoms with Gasteiger partial charge >= 0.3 is 0 Å². The van der Waals surface area contributed by atoms with Gasteiger partial charge < -0.3 is 4.74 Å². The van der Waals surface area contributed by atoms with Gasteiger partial charge in [-0.3, -0.25) is 4.79 Å². The van der Waals surface area contributed by atoms with Crippen LogP contribution in [0.5, 0.6) is 0 Å². The topological polar surface area (TPSA) is 26.3 Å². The molecular formula is C8H11FO2. The van der Waals surface area contributed by atoms with Crippen LogP contribution in [0.1, 0.15) is 20.3 Å². The second kappa shape index (κ2) is 2.64. The average molecular weight is 158 g/mol. The molecule has 0 unspecified atom stereocenters. The van der Waals surface area contributed by atoms with Gasteiger partial charge in [-0.15, -0.1) is 0 Å². The number of hydrogen-bond acceptors (Lipinski definition) is 2. The van der Waals surface area contributed by atoms with Crippen molar-refractivity contribution >= 4 is 5.78 Å². The Kier molecular flexibility index (Phi) is 1.98. The number of halogens is 1. The van der Waals surface area contributed by atoms with Crippen LogP contribution in [0.3, 0.4) is 0 Å². The summed E-state index contributed by atoms with van der Waals surface area (Å²) < 4.78 is 17.9. The standard InChI is InChI=1S/C8H11FO2/c1-8(2,9)7(10)6-4-3-5-11-6/h4H,3,5H2,1-2H3. The molecule has 0 amide bonds. The second-order valence-electron chi connectivity index (χ2n) is 3.01. The number of ether oxygens (including phenoxy) is 1. The smallest absolute Gasteiger partial charge is 0.233 e. The van der Waals surface area contributed by atoms with Gasteiger partial charge in [-0.05, 0) is 19.9 Å². The second-order valence-corrected chi connectivity index (χ2v) is 3.01. The third kappa shape index (κ3) is 1.79. The Morgan fingerprint density at radius 2 is 2.36 bits per heavy atom. The Balaban J connectivity index is 2.68. The largest absolute Gasteiger partial charge is 0.490 e. The summed E-state index contributed by atoms with van der Waals surface area (Å²) in [7, 11) is 0. The van der Waals surface area contributed by atoms with Gasteiger partial charge in [0.1, 0.15) is 0 Å². The number of allylic oxidation sites excluding steroid dienone is 1. The van der Waals surface area contributed by atoms with Crippen LogP contribution in [-0.4, -0.2) is 18.1 Å². The number of Topliss-reactive ketones (excluding diaryl/α,β-unsaturated/α-hetero) is 1. The highest BCUT2D eigenvalue weighted by Crippen LogP contribution is 2.20. The molecule has 0 aromatic rings. The predicted molar refractivity (Wildman–Crippen MR) is 38.8 cm³/mol. The first kappa shape index (κ1) is 8.24. The number of ketones is 1. The monoisotopic (exact) mass is 158 g/mol. The lowest BCUT2D eigenvalue weighted by atomic mass is 10.0. The van der Waals surface area contributed by atoms with E-state index in [4.69, 9.17) is 4.74 Å². The molecule has 0 spiro atoms. The molecule has 0 saturated carbocycles. The van der Waals surface area contributed by atoms with E-state index in [0.29, 0.717) is 13.0 Å². The van der Waals surface area contributed by atoms with Crippen molar-refractivity contribution in [2.75, 3.05) is 6.61 Å². The maximum atomic E-state index is 13.0. The molecule has 3 heteroatoms. The molecule has 0 N–H and O–H groups in total. The number of rotatable bonds is 2. The molecule has 2 nitrogen and oxygen atoms in total. The Labute approximate surface area is 65.0 Å². The molecule has 62 valence electrons. The predicted octanol–water partition coefficient (Wildman–Crippen LogP) is 1.61. The molecule has 1 heterocycles. The molecule has 0 atom stereocenters. The van der Waals surface area contributed by atoms with Crippen molar-refractivity contribution in [2.24, 2.45) is 0 Å². The Hall–Kier alpha value is -0.860. The molecule has 0 bridgehead atoms. The van der Waals surface area contributed by atoms with Crippen LogP contribution in [0, 0.1) is 0 Å². The molecule has 1 rings (SSSR count). The lowest BCUT2D eigenvalue weighted by Gasteiger charge is -2.12. The van der Waals surface area contributed by atoms with E-state index < -0.39 is 11.5 Å². The maximum absolute atomic E-state index is 13.0. The normalized spacial score (nSPS) is 17.5. The van der Waals surface area contributed by atoms with Gasteiger partial charge in [-0.2, -0.15) is 0 Å². The van der Waals surface area contributed by atoms with E-state index in [-0.39, 0.29) is 5.76 Å². The molecule has 0 fully saturated rings. The zero-order valence-electron chi connectivity index (χ0n) is 6.69. The molecule has 0 saturated heterocycles. The highest BCUT2D eigenvalue weighted by Gasteiger charge is 2.31. The molecule has 0 aliphatic carbocycles. The van der Waals surface area contributed by atoms with Crippen molar-refractivity contribution in [3.8, 4) is 0 Å². The number of carbonyl (C=O) groups excluding carboxylic acids is 1. The van der Waals surface area contributed by atoms with E-state index in [9.17, 15) is 9.18 Å². The summed E-state index contributed by atoms with van der Waals surface area (Å²) in [5.74, 6) is -0.382. The Bertz CT molecular complexity index is 201. The van der Waals surface area contributed by atoms with E-state index in [0.717, 1.165) is 0 Å². The Morgan fingerprint density at radius 3 is 2.73 bits per heavy atom. The molecular weight excluding hydrogens is 147 g/mol. The van der Waals surface area contributed by atoms with Gasteiger partial charge in [-0.25, -0.2) is 4.39 Å². The lowest BCUT2D eigenvalue weighted by molar-refractivity contribution is -0.127. The van der Waals surface area contributed by atoms with E-state index in [1.807, 2.05) is 0 Å². The first-order valence-corrected chi connectivity index (χ1v) is 3.58. The van der Waals surface area contributed by atoms with Crippen LogP contribution < -0.4 is 0 Å². The minimum Gasteiger partial charge on any atom is -0.490 e. The average Bonchev–Trinajstić information content (AvgIpc) is 2.34. The van der Waals surface area contributed by atoms with Gasteiger partial charge in [0.25, 0.3) is 0 Å². The van der Waals surface area contributed by atoms with Crippen LogP contribution in [-0.2, 0) is 9.53 Å². The minimum absolute atomic E-state index is 0.178. The summed E-state index contributed by atoms with van der Waals surface area (Å²) in [4.78, 5) is 11.1. The van der Waals surface area contributed by atoms with Gasteiger partial charge in [-0.1, -0.05) is 0 Å². The molecule has 0 aromatic heterocycles. The van der Waals surface area contributed by atoms with Crippen LogP contribution in [0.15, 0.2) is 11.8 Å². The van der Waals surface area contributed by atoms with Crippen LogP contribution in [0.25, 0.3) is 0 Å². The zero-order valence-corrected chi connectivity index (χ0v) is 6.69. The highest BCUT2D eigenvalue weighted by molar-refractivity contribution is 5.99. The van der Waals surface area contributed by atoms with E-state index in [1.54, 1.807) is 6.08 Å². The summed E-state index contributed by atoms with van der Waals surface area (Å²) in [5.41, 5.74) is -1.81.